The summed E-state index contributed by atoms with van der Waals surface area (Å²) < 4.78 is 13.3. The lowest BCUT2D eigenvalue weighted by molar-refractivity contribution is 0.0692. The summed E-state index contributed by atoms with van der Waals surface area (Å²) in [6.45, 7) is 3.48. The lowest BCUT2D eigenvalue weighted by Crippen LogP contribution is -2.17. The third kappa shape index (κ3) is 3.02. The van der Waals surface area contributed by atoms with Crippen LogP contribution in [0.5, 0.6) is 0 Å². The van der Waals surface area contributed by atoms with Gasteiger partial charge in [0.25, 0.3) is 0 Å². The van der Waals surface area contributed by atoms with Crippen molar-refractivity contribution in [2.75, 3.05) is 13.6 Å². The maximum absolute atomic E-state index is 13.3. The minimum atomic E-state index is -1.23. The molecule has 0 fully saturated rings. The van der Waals surface area contributed by atoms with E-state index in [4.69, 9.17) is 5.11 Å². The fourth-order valence-electron chi connectivity index (χ4n) is 1.25. The first kappa shape index (κ1) is 11.7. The highest BCUT2D eigenvalue weighted by atomic mass is 19.1. The molecule has 1 aromatic rings. The standard InChI is InChI=1S/C11H14FNO2/c1-3-13(2)7-8-4-5-9(11(14)15)10(12)6-8/h4-6H,3,7H2,1-2H3,(H,14,15). The number of hydrogen-bond acceptors (Lipinski definition) is 2. The van der Waals surface area contributed by atoms with Gasteiger partial charge in [0.1, 0.15) is 5.82 Å². The Hall–Kier alpha value is -1.42. The third-order valence-corrected chi connectivity index (χ3v) is 2.26. The molecule has 0 aromatic heterocycles. The molecule has 0 unspecified atom stereocenters. The number of benzene rings is 1. The predicted octanol–water partition coefficient (Wildman–Crippen LogP) is 1.98. The van der Waals surface area contributed by atoms with Gasteiger partial charge in [0.2, 0.25) is 0 Å². The zero-order valence-corrected chi connectivity index (χ0v) is 8.83. The summed E-state index contributed by atoms with van der Waals surface area (Å²) in [6, 6.07) is 4.21. The number of carbonyl (C=O) groups is 1. The number of rotatable bonds is 4. The van der Waals surface area contributed by atoms with E-state index in [0.29, 0.717) is 6.54 Å². The van der Waals surface area contributed by atoms with Gasteiger partial charge in [-0.3, -0.25) is 0 Å². The Bertz CT molecular complexity index is 366. The normalized spacial score (nSPS) is 10.7. The Morgan fingerprint density at radius 2 is 2.20 bits per heavy atom. The van der Waals surface area contributed by atoms with Crippen LogP contribution in [0.1, 0.15) is 22.8 Å². The predicted molar refractivity (Wildman–Crippen MR) is 55.4 cm³/mol. The summed E-state index contributed by atoms with van der Waals surface area (Å²) in [5.41, 5.74) is 0.500. The zero-order chi connectivity index (χ0) is 11.4. The number of aromatic carboxylic acids is 1. The van der Waals surface area contributed by atoms with E-state index in [1.54, 1.807) is 6.07 Å². The summed E-state index contributed by atoms with van der Waals surface area (Å²) in [7, 11) is 1.92. The molecular formula is C11H14FNO2. The topological polar surface area (TPSA) is 40.5 Å². The summed E-state index contributed by atoms with van der Waals surface area (Å²) in [6.07, 6.45) is 0. The fraction of sp³-hybridized carbons (Fsp3) is 0.364. The minimum Gasteiger partial charge on any atom is -0.478 e. The Kier molecular flexibility index (Phi) is 3.80. The molecule has 0 atom stereocenters. The van der Waals surface area contributed by atoms with Crippen molar-refractivity contribution in [3.05, 3.63) is 35.1 Å². The van der Waals surface area contributed by atoms with Crippen LogP contribution in [0.4, 0.5) is 4.39 Å². The van der Waals surface area contributed by atoms with Gasteiger partial charge in [-0.2, -0.15) is 0 Å². The van der Waals surface area contributed by atoms with E-state index >= 15 is 0 Å². The highest BCUT2D eigenvalue weighted by Crippen LogP contribution is 2.11. The van der Waals surface area contributed by atoms with E-state index in [1.807, 2.05) is 18.9 Å². The first-order chi connectivity index (χ1) is 7.04. The van der Waals surface area contributed by atoms with Crippen molar-refractivity contribution in [2.24, 2.45) is 0 Å². The third-order valence-electron chi connectivity index (χ3n) is 2.26. The molecule has 0 aliphatic carbocycles. The van der Waals surface area contributed by atoms with E-state index in [2.05, 4.69) is 0 Å². The van der Waals surface area contributed by atoms with Crippen LogP contribution in [0.25, 0.3) is 0 Å². The summed E-state index contributed by atoms with van der Waals surface area (Å²) in [4.78, 5) is 12.6. The van der Waals surface area contributed by atoms with Crippen LogP contribution < -0.4 is 0 Å². The van der Waals surface area contributed by atoms with Gasteiger partial charge in [-0.15, -0.1) is 0 Å². The maximum Gasteiger partial charge on any atom is 0.338 e. The average Bonchev–Trinajstić information content (AvgIpc) is 2.17. The van der Waals surface area contributed by atoms with Crippen LogP contribution >= 0.6 is 0 Å². The van der Waals surface area contributed by atoms with E-state index in [1.165, 1.54) is 12.1 Å². The molecule has 0 spiro atoms. The molecule has 3 nitrogen and oxygen atoms in total. The van der Waals surface area contributed by atoms with Gasteiger partial charge >= 0.3 is 5.97 Å². The number of hydrogen-bond donors (Lipinski definition) is 1. The second-order valence-electron chi connectivity index (χ2n) is 3.45. The first-order valence-electron chi connectivity index (χ1n) is 4.75. The van der Waals surface area contributed by atoms with Gasteiger partial charge in [0, 0.05) is 6.54 Å². The smallest absolute Gasteiger partial charge is 0.338 e. The second-order valence-corrected chi connectivity index (χ2v) is 3.45. The van der Waals surface area contributed by atoms with Crippen molar-refractivity contribution in [1.82, 2.24) is 4.90 Å². The molecule has 1 aromatic carbocycles. The average molecular weight is 211 g/mol. The second kappa shape index (κ2) is 4.89. The Morgan fingerprint density at radius 1 is 1.53 bits per heavy atom. The van der Waals surface area contributed by atoms with Gasteiger partial charge < -0.3 is 10.0 Å². The molecule has 15 heavy (non-hydrogen) atoms. The molecule has 0 radical (unpaired) electrons. The molecule has 0 saturated carbocycles. The molecule has 0 heterocycles. The molecule has 0 amide bonds. The van der Waals surface area contributed by atoms with Gasteiger partial charge in [-0.1, -0.05) is 13.0 Å². The van der Waals surface area contributed by atoms with Crippen LogP contribution in [0.2, 0.25) is 0 Å². The highest BCUT2D eigenvalue weighted by Gasteiger charge is 2.10. The molecule has 82 valence electrons. The van der Waals surface area contributed by atoms with Crippen molar-refractivity contribution >= 4 is 5.97 Å². The van der Waals surface area contributed by atoms with Crippen molar-refractivity contribution in [1.29, 1.82) is 0 Å². The Morgan fingerprint density at radius 3 is 2.67 bits per heavy atom. The van der Waals surface area contributed by atoms with Gasteiger partial charge in [-0.05, 0) is 31.3 Å². The molecule has 1 rings (SSSR count). The van der Waals surface area contributed by atoms with E-state index in [-0.39, 0.29) is 5.56 Å². The summed E-state index contributed by atoms with van der Waals surface area (Å²) in [5.74, 6) is -1.91. The van der Waals surface area contributed by atoms with Gasteiger partial charge in [0.05, 0.1) is 5.56 Å². The van der Waals surface area contributed by atoms with Crippen molar-refractivity contribution in [2.45, 2.75) is 13.5 Å². The maximum atomic E-state index is 13.3. The van der Waals surface area contributed by atoms with Crippen molar-refractivity contribution in [3.8, 4) is 0 Å². The highest BCUT2D eigenvalue weighted by molar-refractivity contribution is 5.87. The van der Waals surface area contributed by atoms with Crippen LogP contribution in [-0.2, 0) is 6.54 Å². The quantitative estimate of drug-likeness (QED) is 0.827. The minimum absolute atomic E-state index is 0.280. The van der Waals surface area contributed by atoms with Gasteiger partial charge in [0.15, 0.2) is 0 Å². The van der Waals surface area contributed by atoms with Crippen LogP contribution in [0.3, 0.4) is 0 Å². The van der Waals surface area contributed by atoms with Crippen molar-refractivity contribution in [3.63, 3.8) is 0 Å². The lowest BCUT2D eigenvalue weighted by atomic mass is 10.1. The number of halogens is 1. The molecule has 0 saturated heterocycles. The number of carboxylic acids is 1. The molecule has 1 N–H and O–H groups in total. The zero-order valence-electron chi connectivity index (χ0n) is 8.83. The van der Waals surface area contributed by atoms with Crippen LogP contribution in [0, 0.1) is 5.82 Å². The largest absolute Gasteiger partial charge is 0.478 e. The van der Waals surface area contributed by atoms with Crippen LogP contribution in [-0.4, -0.2) is 29.6 Å². The number of nitrogens with zero attached hydrogens (tertiary/aromatic N) is 1. The Balaban J connectivity index is 2.87. The molecular weight excluding hydrogens is 197 g/mol. The van der Waals surface area contributed by atoms with E-state index < -0.39 is 11.8 Å². The molecule has 0 bridgehead atoms. The lowest BCUT2D eigenvalue weighted by Gasteiger charge is -2.13. The Labute approximate surface area is 88.1 Å². The number of carboxylic acid groups (broad SMARTS) is 1. The summed E-state index contributed by atoms with van der Waals surface area (Å²) in [5, 5.41) is 8.63. The first-order valence-corrected chi connectivity index (χ1v) is 4.75. The van der Waals surface area contributed by atoms with E-state index in [0.717, 1.165) is 12.1 Å². The SMILES string of the molecule is CCN(C)Cc1ccc(C(=O)O)c(F)c1. The molecule has 0 aliphatic rings. The molecule has 0 aliphatic heterocycles. The molecule has 4 heteroatoms. The monoisotopic (exact) mass is 211 g/mol. The van der Waals surface area contributed by atoms with E-state index in [9.17, 15) is 9.18 Å². The van der Waals surface area contributed by atoms with Crippen molar-refractivity contribution < 1.29 is 14.3 Å². The fourth-order valence-corrected chi connectivity index (χ4v) is 1.25. The van der Waals surface area contributed by atoms with Crippen LogP contribution in [0.15, 0.2) is 18.2 Å². The van der Waals surface area contributed by atoms with Gasteiger partial charge in [-0.25, -0.2) is 9.18 Å². The summed E-state index contributed by atoms with van der Waals surface area (Å²) >= 11 is 0.